The van der Waals surface area contributed by atoms with Crippen molar-refractivity contribution >= 4 is 0 Å². The third-order valence-corrected chi connectivity index (χ3v) is 0.617. The SMILES string of the molecule is CC[CH]OCN(C)C. The summed E-state index contributed by atoms with van der Waals surface area (Å²) in [6, 6.07) is 0. The average Bonchev–Trinajstić information content (AvgIpc) is 1.66. The lowest BCUT2D eigenvalue weighted by atomic mass is 10.5. The van der Waals surface area contributed by atoms with Crippen molar-refractivity contribution in [1.82, 2.24) is 4.90 Å². The first-order chi connectivity index (χ1) is 3.77. The highest BCUT2D eigenvalue weighted by molar-refractivity contribution is 4.41. The van der Waals surface area contributed by atoms with Gasteiger partial charge in [-0.1, -0.05) is 6.92 Å². The van der Waals surface area contributed by atoms with E-state index in [0.717, 1.165) is 6.42 Å². The number of nitrogens with zero attached hydrogens (tertiary/aromatic N) is 1. The molecule has 0 heterocycles. The molecule has 0 aliphatic heterocycles. The molecule has 0 spiro atoms. The summed E-state index contributed by atoms with van der Waals surface area (Å²) in [6.07, 6.45) is 0.980. The summed E-state index contributed by atoms with van der Waals surface area (Å²) in [6.45, 7) is 4.55. The van der Waals surface area contributed by atoms with Crippen LogP contribution in [0.15, 0.2) is 0 Å². The van der Waals surface area contributed by atoms with Gasteiger partial charge in [-0.3, -0.25) is 4.90 Å². The molecule has 0 aromatic heterocycles. The first-order valence-corrected chi connectivity index (χ1v) is 2.85. The Morgan fingerprint density at radius 3 is 2.50 bits per heavy atom. The number of ether oxygens (including phenoxy) is 1. The van der Waals surface area contributed by atoms with Crippen molar-refractivity contribution in [3.63, 3.8) is 0 Å². The molecule has 0 unspecified atom stereocenters. The van der Waals surface area contributed by atoms with Crippen LogP contribution >= 0.6 is 0 Å². The Morgan fingerprint density at radius 1 is 1.50 bits per heavy atom. The van der Waals surface area contributed by atoms with E-state index in [-0.39, 0.29) is 0 Å². The van der Waals surface area contributed by atoms with Gasteiger partial charge in [0.2, 0.25) is 0 Å². The Morgan fingerprint density at radius 2 is 2.12 bits per heavy atom. The largest absolute Gasteiger partial charge is 0.360 e. The maximum Gasteiger partial charge on any atom is 0.0990 e. The fourth-order valence-corrected chi connectivity index (χ4v) is 0.320. The molecule has 0 saturated carbocycles. The zero-order valence-corrected chi connectivity index (χ0v) is 5.85. The summed E-state index contributed by atoms with van der Waals surface area (Å²) in [4.78, 5) is 1.98. The van der Waals surface area contributed by atoms with E-state index in [1.165, 1.54) is 0 Å². The van der Waals surface area contributed by atoms with Crippen LogP contribution in [-0.4, -0.2) is 25.7 Å². The van der Waals surface area contributed by atoms with Crippen LogP contribution in [-0.2, 0) is 4.74 Å². The van der Waals surface area contributed by atoms with Gasteiger partial charge in [0.05, 0.1) is 13.3 Å². The molecule has 0 fully saturated rings. The predicted octanol–water partition coefficient (Wildman–Crippen LogP) is 1.09. The van der Waals surface area contributed by atoms with Gasteiger partial charge in [0, 0.05) is 0 Å². The van der Waals surface area contributed by atoms with Crippen molar-refractivity contribution in [2.45, 2.75) is 13.3 Å². The van der Waals surface area contributed by atoms with E-state index in [4.69, 9.17) is 4.74 Å². The van der Waals surface area contributed by atoms with Gasteiger partial charge in [-0.05, 0) is 20.5 Å². The van der Waals surface area contributed by atoms with E-state index >= 15 is 0 Å². The predicted molar refractivity (Wildman–Crippen MR) is 34.2 cm³/mol. The van der Waals surface area contributed by atoms with Crippen LogP contribution in [0.2, 0.25) is 0 Å². The van der Waals surface area contributed by atoms with Crippen LogP contribution in [0.4, 0.5) is 0 Å². The Bertz CT molecular complexity index is 45.8. The molecule has 2 nitrogen and oxygen atoms in total. The van der Waals surface area contributed by atoms with Gasteiger partial charge in [0.15, 0.2) is 0 Å². The second kappa shape index (κ2) is 5.06. The molecule has 0 atom stereocenters. The summed E-state index contributed by atoms with van der Waals surface area (Å²) < 4.78 is 5.05. The molecular weight excluding hydrogens is 102 g/mol. The van der Waals surface area contributed by atoms with Gasteiger partial charge in [0.25, 0.3) is 0 Å². The smallest absolute Gasteiger partial charge is 0.0990 e. The average molecular weight is 116 g/mol. The quantitative estimate of drug-likeness (QED) is 0.403. The molecule has 0 aromatic carbocycles. The van der Waals surface area contributed by atoms with Crippen molar-refractivity contribution in [3.8, 4) is 0 Å². The molecule has 0 amide bonds. The molecule has 0 N–H and O–H groups in total. The highest BCUT2D eigenvalue weighted by Gasteiger charge is 1.85. The van der Waals surface area contributed by atoms with Crippen LogP contribution in [0.1, 0.15) is 13.3 Å². The Kier molecular flexibility index (Phi) is 5.01. The Balaban J connectivity index is 2.72. The molecule has 8 heavy (non-hydrogen) atoms. The van der Waals surface area contributed by atoms with Crippen LogP contribution in [0, 0.1) is 6.61 Å². The molecule has 1 radical (unpaired) electrons. The maximum atomic E-state index is 5.05. The molecule has 0 saturated heterocycles. The van der Waals surface area contributed by atoms with Crippen LogP contribution < -0.4 is 0 Å². The lowest BCUT2D eigenvalue weighted by molar-refractivity contribution is 0.0986. The van der Waals surface area contributed by atoms with E-state index in [2.05, 4.69) is 6.92 Å². The first-order valence-electron chi connectivity index (χ1n) is 2.85. The summed E-state index contributed by atoms with van der Waals surface area (Å²) in [5.74, 6) is 0. The fraction of sp³-hybridized carbons (Fsp3) is 0.833. The van der Waals surface area contributed by atoms with Crippen molar-refractivity contribution in [1.29, 1.82) is 0 Å². The minimum absolute atomic E-state index is 0.688. The van der Waals surface area contributed by atoms with Crippen molar-refractivity contribution in [2.75, 3.05) is 20.8 Å². The van der Waals surface area contributed by atoms with Crippen molar-refractivity contribution < 1.29 is 4.74 Å². The maximum absolute atomic E-state index is 5.05. The van der Waals surface area contributed by atoms with E-state index in [1.54, 1.807) is 6.61 Å². The number of rotatable bonds is 4. The topological polar surface area (TPSA) is 12.5 Å². The molecule has 49 valence electrons. The third-order valence-electron chi connectivity index (χ3n) is 0.617. The van der Waals surface area contributed by atoms with Gasteiger partial charge < -0.3 is 4.74 Å². The third kappa shape index (κ3) is 5.92. The molecule has 2 heteroatoms. The van der Waals surface area contributed by atoms with E-state index < -0.39 is 0 Å². The van der Waals surface area contributed by atoms with E-state index in [0.29, 0.717) is 6.73 Å². The van der Waals surface area contributed by atoms with Gasteiger partial charge in [-0.2, -0.15) is 0 Å². The Labute approximate surface area is 51.4 Å². The van der Waals surface area contributed by atoms with Crippen molar-refractivity contribution in [3.05, 3.63) is 6.61 Å². The molecule has 0 aromatic rings. The fourth-order valence-electron chi connectivity index (χ4n) is 0.320. The summed E-state index contributed by atoms with van der Waals surface area (Å²) in [5.41, 5.74) is 0. The summed E-state index contributed by atoms with van der Waals surface area (Å²) >= 11 is 0. The van der Waals surface area contributed by atoms with Gasteiger partial charge in [-0.25, -0.2) is 0 Å². The van der Waals surface area contributed by atoms with E-state index in [9.17, 15) is 0 Å². The minimum atomic E-state index is 0.688. The minimum Gasteiger partial charge on any atom is -0.360 e. The highest BCUT2D eigenvalue weighted by Crippen LogP contribution is 1.86. The molecular formula is C6H14NO. The zero-order chi connectivity index (χ0) is 6.41. The molecule has 0 rings (SSSR count). The summed E-state index contributed by atoms with van der Waals surface area (Å²) in [7, 11) is 3.95. The van der Waals surface area contributed by atoms with Gasteiger partial charge in [0.1, 0.15) is 0 Å². The van der Waals surface area contributed by atoms with Crippen LogP contribution in [0.5, 0.6) is 0 Å². The molecule has 0 aliphatic carbocycles. The number of hydrogen-bond acceptors (Lipinski definition) is 2. The number of hydrogen-bond donors (Lipinski definition) is 0. The highest BCUT2D eigenvalue weighted by atomic mass is 16.5. The van der Waals surface area contributed by atoms with Crippen molar-refractivity contribution in [2.24, 2.45) is 0 Å². The Hall–Kier alpha value is -0.0800. The van der Waals surface area contributed by atoms with Gasteiger partial charge >= 0.3 is 0 Å². The standard InChI is InChI=1S/C6H14NO/c1-4-5-8-6-7(2)3/h5H,4,6H2,1-3H3. The van der Waals surface area contributed by atoms with Gasteiger partial charge in [-0.15, -0.1) is 0 Å². The van der Waals surface area contributed by atoms with Crippen LogP contribution in [0.25, 0.3) is 0 Å². The first kappa shape index (κ1) is 7.92. The lowest BCUT2D eigenvalue weighted by Crippen LogP contribution is -2.14. The second-order valence-electron chi connectivity index (χ2n) is 1.95. The molecule has 0 aliphatic rings. The summed E-state index contributed by atoms with van der Waals surface area (Å²) in [5, 5.41) is 0. The van der Waals surface area contributed by atoms with Crippen LogP contribution in [0.3, 0.4) is 0 Å². The lowest BCUT2D eigenvalue weighted by Gasteiger charge is -2.07. The second-order valence-corrected chi connectivity index (χ2v) is 1.95. The zero-order valence-electron chi connectivity index (χ0n) is 5.85. The normalized spacial score (nSPS) is 10.5. The monoisotopic (exact) mass is 116 g/mol. The van der Waals surface area contributed by atoms with E-state index in [1.807, 2.05) is 19.0 Å². The molecule has 0 bridgehead atoms.